The van der Waals surface area contributed by atoms with E-state index in [2.05, 4.69) is 19.2 Å². The van der Waals surface area contributed by atoms with Crippen LogP contribution in [0, 0.1) is 18.8 Å². The van der Waals surface area contributed by atoms with Crippen LogP contribution in [0.2, 0.25) is 0 Å². The zero-order chi connectivity index (χ0) is 13.3. The predicted molar refractivity (Wildman–Crippen MR) is 75.0 cm³/mol. The lowest BCUT2D eigenvalue weighted by atomic mass is 10.0. The van der Waals surface area contributed by atoms with E-state index in [0.717, 1.165) is 29.9 Å². The van der Waals surface area contributed by atoms with E-state index < -0.39 is 0 Å². The molecule has 1 aliphatic heterocycles. The average molecular weight is 246 g/mol. The molecule has 1 fully saturated rings. The molecule has 0 spiro atoms. The molecule has 3 heteroatoms. The fraction of sp³-hybridized carbons (Fsp3) is 0.533. The fourth-order valence-electron chi connectivity index (χ4n) is 2.52. The quantitative estimate of drug-likeness (QED) is 0.870. The highest BCUT2D eigenvalue weighted by atomic mass is 16.2. The van der Waals surface area contributed by atoms with E-state index in [-0.39, 0.29) is 5.91 Å². The number of likely N-dealkylation sites (tertiary alicyclic amines) is 1. The van der Waals surface area contributed by atoms with Crippen LogP contribution in [0.5, 0.6) is 0 Å². The molecular weight excluding hydrogens is 224 g/mol. The maximum Gasteiger partial charge on any atom is 0.255 e. The van der Waals surface area contributed by atoms with Gasteiger partial charge in [0.05, 0.1) is 5.56 Å². The van der Waals surface area contributed by atoms with Crippen LogP contribution in [0.4, 0.5) is 5.69 Å². The van der Waals surface area contributed by atoms with E-state index in [1.807, 2.05) is 37.1 Å². The van der Waals surface area contributed by atoms with Crippen molar-refractivity contribution in [2.45, 2.75) is 20.8 Å². The molecule has 0 aliphatic carbocycles. The topological polar surface area (TPSA) is 32.3 Å². The normalized spacial score (nSPS) is 23.2. The zero-order valence-electron chi connectivity index (χ0n) is 11.7. The molecule has 0 aromatic heterocycles. The van der Waals surface area contributed by atoms with Gasteiger partial charge < -0.3 is 10.2 Å². The number of hydrogen-bond acceptors (Lipinski definition) is 2. The number of carbonyl (C=O) groups excluding carboxylic acids is 1. The van der Waals surface area contributed by atoms with E-state index in [1.54, 1.807) is 0 Å². The molecular formula is C15H22N2O. The van der Waals surface area contributed by atoms with Crippen LogP contribution in [0.25, 0.3) is 0 Å². The van der Waals surface area contributed by atoms with Crippen molar-refractivity contribution >= 4 is 11.6 Å². The van der Waals surface area contributed by atoms with Gasteiger partial charge in [-0.25, -0.2) is 0 Å². The Morgan fingerprint density at radius 2 is 1.89 bits per heavy atom. The van der Waals surface area contributed by atoms with E-state index in [9.17, 15) is 4.79 Å². The SMILES string of the molecule is CNc1ccc(C)cc1C(=O)N1CC(C)C(C)C1. The van der Waals surface area contributed by atoms with Crippen molar-refractivity contribution in [3.63, 3.8) is 0 Å². The molecule has 1 heterocycles. The van der Waals surface area contributed by atoms with Crippen LogP contribution < -0.4 is 5.32 Å². The molecule has 0 bridgehead atoms. The standard InChI is InChI=1S/C15H22N2O/c1-10-5-6-14(16-4)13(7-10)15(18)17-8-11(2)12(3)9-17/h5-7,11-12,16H,8-9H2,1-4H3. The molecule has 1 N–H and O–H groups in total. The van der Waals surface area contributed by atoms with Crippen LogP contribution in [0.15, 0.2) is 18.2 Å². The van der Waals surface area contributed by atoms with Crippen LogP contribution in [0.3, 0.4) is 0 Å². The Hall–Kier alpha value is -1.51. The molecule has 1 aliphatic rings. The third-order valence-corrected chi connectivity index (χ3v) is 3.95. The minimum Gasteiger partial charge on any atom is -0.387 e. The highest BCUT2D eigenvalue weighted by Gasteiger charge is 2.30. The number of nitrogens with one attached hydrogen (secondary N) is 1. The number of carbonyl (C=O) groups is 1. The van der Waals surface area contributed by atoms with Crippen LogP contribution in [0.1, 0.15) is 29.8 Å². The van der Waals surface area contributed by atoms with Crippen LogP contribution >= 0.6 is 0 Å². The Morgan fingerprint density at radius 1 is 1.28 bits per heavy atom. The Kier molecular flexibility index (Phi) is 3.60. The Labute approximate surface area is 109 Å². The van der Waals surface area contributed by atoms with Crippen molar-refractivity contribution in [2.24, 2.45) is 11.8 Å². The highest BCUT2D eigenvalue weighted by molar-refractivity contribution is 6.00. The minimum atomic E-state index is 0.152. The van der Waals surface area contributed by atoms with Crippen molar-refractivity contribution in [1.29, 1.82) is 0 Å². The molecule has 98 valence electrons. The van der Waals surface area contributed by atoms with Gasteiger partial charge in [-0.2, -0.15) is 0 Å². The van der Waals surface area contributed by atoms with Crippen LogP contribution in [-0.2, 0) is 0 Å². The van der Waals surface area contributed by atoms with E-state index >= 15 is 0 Å². The van der Waals surface area contributed by atoms with Gasteiger partial charge >= 0.3 is 0 Å². The number of benzene rings is 1. The third-order valence-electron chi connectivity index (χ3n) is 3.95. The van der Waals surface area contributed by atoms with Crippen molar-refractivity contribution < 1.29 is 4.79 Å². The number of anilines is 1. The summed E-state index contributed by atoms with van der Waals surface area (Å²) in [5.41, 5.74) is 2.83. The molecule has 1 saturated heterocycles. The van der Waals surface area contributed by atoms with Crippen molar-refractivity contribution in [3.05, 3.63) is 29.3 Å². The summed E-state index contributed by atoms with van der Waals surface area (Å²) in [6, 6.07) is 5.98. The predicted octanol–water partition coefficient (Wildman–Crippen LogP) is 2.76. The average Bonchev–Trinajstić information content (AvgIpc) is 2.68. The third kappa shape index (κ3) is 2.35. The summed E-state index contributed by atoms with van der Waals surface area (Å²) in [6.07, 6.45) is 0. The Balaban J connectivity index is 2.26. The molecule has 2 unspecified atom stereocenters. The van der Waals surface area contributed by atoms with E-state index in [1.165, 1.54) is 0 Å². The summed E-state index contributed by atoms with van der Waals surface area (Å²) in [7, 11) is 1.86. The van der Waals surface area contributed by atoms with Gasteiger partial charge in [0.1, 0.15) is 0 Å². The van der Waals surface area contributed by atoms with Gasteiger partial charge in [0, 0.05) is 25.8 Å². The largest absolute Gasteiger partial charge is 0.387 e. The molecule has 1 aromatic carbocycles. The monoisotopic (exact) mass is 246 g/mol. The number of hydrogen-bond donors (Lipinski definition) is 1. The summed E-state index contributed by atoms with van der Waals surface area (Å²) in [5, 5.41) is 3.10. The summed E-state index contributed by atoms with van der Waals surface area (Å²) in [6.45, 7) is 8.19. The fourth-order valence-corrected chi connectivity index (χ4v) is 2.52. The number of aryl methyl sites for hydroxylation is 1. The number of amides is 1. The lowest BCUT2D eigenvalue weighted by molar-refractivity contribution is 0.0786. The summed E-state index contributed by atoms with van der Waals surface area (Å²) in [5.74, 6) is 1.34. The number of rotatable bonds is 2. The van der Waals surface area contributed by atoms with Gasteiger partial charge in [-0.15, -0.1) is 0 Å². The molecule has 2 atom stereocenters. The van der Waals surface area contributed by atoms with E-state index in [4.69, 9.17) is 0 Å². The molecule has 18 heavy (non-hydrogen) atoms. The molecule has 1 amide bonds. The zero-order valence-corrected chi connectivity index (χ0v) is 11.7. The first kappa shape index (κ1) is 12.9. The minimum absolute atomic E-state index is 0.152. The lowest BCUT2D eigenvalue weighted by Gasteiger charge is -2.18. The first-order valence-corrected chi connectivity index (χ1v) is 6.60. The second kappa shape index (κ2) is 5.01. The van der Waals surface area contributed by atoms with Gasteiger partial charge in [0.15, 0.2) is 0 Å². The van der Waals surface area contributed by atoms with Gasteiger partial charge in [-0.3, -0.25) is 4.79 Å². The van der Waals surface area contributed by atoms with Crippen molar-refractivity contribution in [2.75, 3.05) is 25.5 Å². The molecule has 0 saturated carbocycles. The van der Waals surface area contributed by atoms with Crippen molar-refractivity contribution in [3.8, 4) is 0 Å². The first-order chi connectivity index (χ1) is 8.52. The van der Waals surface area contributed by atoms with Gasteiger partial charge in [0.25, 0.3) is 5.91 Å². The maximum absolute atomic E-state index is 12.6. The smallest absolute Gasteiger partial charge is 0.255 e. The van der Waals surface area contributed by atoms with Crippen molar-refractivity contribution in [1.82, 2.24) is 4.90 Å². The molecule has 0 radical (unpaired) electrons. The number of nitrogens with zero attached hydrogens (tertiary/aromatic N) is 1. The second-order valence-electron chi connectivity index (χ2n) is 5.46. The Bertz CT molecular complexity index is 446. The second-order valence-corrected chi connectivity index (χ2v) is 5.46. The lowest BCUT2D eigenvalue weighted by Crippen LogP contribution is -2.29. The van der Waals surface area contributed by atoms with Gasteiger partial charge in [-0.1, -0.05) is 25.5 Å². The van der Waals surface area contributed by atoms with Gasteiger partial charge in [-0.05, 0) is 30.9 Å². The molecule has 1 aromatic rings. The maximum atomic E-state index is 12.6. The van der Waals surface area contributed by atoms with Crippen LogP contribution in [-0.4, -0.2) is 30.9 Å². The molecule has 2 rings (SSSR count). The highest BCUT2D eigenvalue weighted by Crippen LogP contribution is 2.26. The summed E-state index contributed by atoms with van der Waals surface area (Å²) in [4.78, 5) is 14.5. The van der Waals surface area contributed by atoms with Gasteiger partial charge in [0.2, 0.25) is 0 Å². The first-order valence-electron chi connectivity index (χ1n) is 6.60. The summed E-state index contributed by atoms with van der Waals surface area (Å²) >= 11 is 0. The Morgan fingerprint density at radius 3 is 2.44 bits per heavy atom. The molecule has 3 nitrogen and oxygen atoms in total. The summed E-state index contributed by atoms with van der Waals surface area (Å²) < 4.78 is 0. The van der Waals surface area contributed by atoms with E-state index in [0.29, 0.717) is 11.8 Å².